The molecule has 70 valence electrons. The van der Waals surface area contributed by atoms with E-state index in [1.165, 1.54) is 6.39 Å². The van der Waals surface area contributed by atoms with E-state index in [1.54, 1.807) is 0 Å². The van der Waals surface area contributed by atoms with Crippen LogP contribution in [0.5, 0.6) is 0 Å². The van der Waals surface area contributed by atoms with E-state index in [0.29, 0.717) is 0 Å². The van der Waals surface area contributed by atoms with Gasteiger partial charge in [-0.15, -0.1) is 0 Å². The van der Waals surface area contributed by atoms with E-state index in [4.69, 9.17) is 4.42 Å². The van der Waals surface area contributed by atoms with Gasteiger partial charge in [0.05, 0.1) is 0 Å². The van der Waals surface area contributed by atoms with Crippen molar-refractivity contribution in [2.24, 2.45) is 5.92 Å². The number of oxazole rings is 1. The van der Waals surface area contributed by atoms with Gasteiger partial charge in [-0.2, -0.15) is 0 Å². The molecule has 2 aromatic rings. The second-order valence-electron chi connectivity index (χ2n) is 3.55. The average molecular weight is 177 g/mol. The van der Waals surface area contributed by atoms with E-state index < -0.39 is 0 Å². The van der Waals surface area contributed by atoms with Crippen LogP contribution in [0.25, 0.3) is 11.1 Å². The van der Waals surface area contributed by atoms with Crippen molar-refractivity contribution in [2.75, 3.05) is 0 Å². The van der Waals surface area contributed by atoms with E-state index in [1.807, 2.05) is 24.3 Å². The largest absolute Gasteiger partial charge is 0.443 e. The fourth-order valence-electron chi connectivity index (χ4n) is 0.803. The molecule has 0 spiro atoms. The lowest BCUT2D eigenvalue weighted by molar-refractivity contribution is 0.602. The summed E-state index contributed by atoms with van der Waals surface area (Å²) >= 11 is 0. The Kier molecular flexibility index (Phi) is 3.50. The molecule has 0 unspecified atom stereocenters. The topological polar surface area (TPSA) is 26.0 Å². The van der Waals surface area contributed by atoms with E-state index in [2.05, 4.69) is 25.8 Å². The number of aromatic nitrogens is 1. The van der Waals surface area contributed by atoms with Crippen molar-refractivity contribution in [1.29, 1.82) is 0 Å². The predicted molar refractivity (Wildman–Crippen MR) is 54.5 cm³/mol. The molecule has 1 heterocycles. The number of benzene rings is 1. The van der Waals surface area contributed by atoms with Crippen molar-refractivity contribution < 1.29 is 4.42 Å². The number of fused-ring (bicyclic) bond motifs is 1. The minimum atomic E-state index is 0.833. The molecule has 2 nitrogen and oxygen atoms in total. The van der Waals surface area contributed by atoms with Crippen molar-refractivity contribution in [3.8, 4) is 0 Å². The molecule has 0 N–H and O–H groups in total. The van der Waals surface area contributed by atoms with Crippen LogP contribution >= 0.6 is 0 Å². The van der Waals surface area contributed by atoms with Gasteiger partial charge in [-0.25, -0.2) is 4.98 Å². The summed E-state index contributed by atoms with van der Waals surface area (Å²) in [5.41, 5.74) is 1.76. The maximum absolute atomic E-state index is 5.01. The fourth-order valence-corrected chi connectivity index (χ4v) is 0.803. The molecule has 2 rings (SSSR count). The van der Waals surface area contributed by atoms with Gasteiger partial charge in [-0.3, -0.25) is 0 Å². The third kappa shape index (κ3) is 3.28. The van der Waals surface area contributed by atoms with Gasteiger partial charge >= 0.3 is 0 Å². The van der Waals surface area contributed by atoms with Gasteiger partial charge < -0.3 is 4.42 Å². The summed E-state index contributed by atoms with van der Waals surface area (Å²) in [7, 11) is 0. The van der Waals surface area contributed by atoms with Gasteiger partial charge in [0, 0.05) is 0 Å². The van der Waals surface area contributed by atoms with Crippen LogP contribution in [0.2, 0.25) is 0 Å². The van der Waals surface area contributed by atoms with Gasteiger partial charge in [0.2, 0.25) is 0 Å². The lowest BCUT2D eigenvalue weighted by Crippen LogP contribution is -1.66. The second-order valence-corrected chi connectivity index (χ2v) is 3.55. The van der Waals surface area contributed by atoms with E-state index in [9.17, 15) is 0 Å². The van der Waals surface area contributed by atoms with Crippen LogP contribution in [0.4, 0.5) is 0 Å². The van der Waals surface area contributed by atoms with E-state index >= 15 is 0 Å². The van der Waals surface area contributed by atoms with Crippen molar-refractivity contribution in [1.82, 2.24) is 4.98 Å². The first-order valence-electron chi connectivity index (χ1n) is 4.48. The first kappa shape index (κ1) is 9.78. The molecule has 0 aliphatic rings. The molecule has 0 aliphatic heterocycles. The highest BCUT2D eigenvalue weighted by atomic mass is 16.3. The molecular formula is C11H15NO. The summed E-state index contributed by atoms with van der Waals surface area (Å²) in [6.45, 7) is 6.50. The summed E-state index contributed by atoms with van der Waals surface area (Å²) in [4.78, 5) is 3.95. The number of nitrogens with zero attached hydrogens (tertiary/aromatic N) is 1. The molecule has 0 atom stereocenters. The minimum absolute atomic E-state index is 0.833. The Bertz CT molecular complexity index is 319. The Labute approximate surface area is 78.6 Å². The molecule has 1 aromatic heterocycles. The summed E-state index contributed by atoms with van der Waals surface area (Å²) in [5, 5.41) is 0. The number of para-hydroxylation sites is 2. The van der Waals surface area contributed by atoms with Crippen LogP contribution in [-0.2, 0) is 0 Å². The highest BCUT2D eigenvalue weighted by Crippen LogP contribution is 2.09. The van der Waals surface area contributed by atoms with Gasteiger partial charge in [0.1, 0.15) is 5.52 Å². The standard InChI is InChI=1S/C7H5NO.C4H10/c1-2-4-7-6(3-1)8-5-9-7;1-4(2)3/h1-5H;4H,1-3H3. The normalized spacial score (nSPS) is 9.85. The lowest BCUT2D eigenvalue weighted by atomic mass is 10.3. The minimum Gasteiger partial charge on any atom is -0.443 e. The SMILES string of the molecule is CC(C)C.c1ccc2ocnc2c1. The maximum Gasteiger partial charge on any atom is 0.181 e. The van der Waals surface area contributed by atoms with Gasteiger partial charge in [-0.05, 0) is 18.1 Å². The third-order valence-corrected chi connectivity index (χ3v) is 1.24. The van der Waals surface area contributed by atoms with E-state index in [-0.39, 0.29) is 0 Å². The van der Waals surface area contributed by atoms with Crippen LogP contribution < -0.4 is 0 Å². The molecule has 0 fully saturated rings. The number of hydrogen-bond acceptors (Lipinski definition) is 2. The van der Waals surface area contributed by atoms with Gasteiger partial charge in [0.15, 0.2) is 12.0 Å². The fraction of sp³-hybridized carbons (Fsp3) is 0.364. The zero-order valence-corrected chi connectivity index (χ0v) is 8.32. The Morgan fingerprint density at radius 2 is 1.77 bits per heavy atom. The quantitative estimate of drug-likeness (QED) is 0.615. The van der Waals surface area contributed by atoms with Gasteiger partial charge in [0.25, 0.3) is 0 Å². The number of hydrogen-bond donors (Lipinski definition) is 0. The summed E-state index contributed by atoms with van der Waals surface area (Å²) < 4.78 is 5.01. The summed E-state index contributed by atoms with van der Waals surface area (Å²) in [5.74, 6) is 0.833. The smallest absolute Gasteiger partial charge is 0.181 e. The molecule has 0 amide bonds. The Balaban J connectivity index is 0.000000184. The van der Waals surface area contributed by atoms with Crippen LogP contribution in [0.1, 0.15) is 20.8 Å². The highest BCUT2D eigenvalue weighted by molar-refractivity contribution is 5.71. The van der Waals surface area contributed by atoms with Crippen molar-refractivity contribution in [3.05, 3.63) is 30.7 Å². The predicted octanol–water partition coefficient (Wildman–Crippen LogP) is 3.49. The van der Waals surface area contributed by atoms with Gasteiger partial charge in [-0.1, -0.05) is 32.9 Å². The monoisotopic (exact) mass is 177 g/mol. The molecule has 0 saturated carbocycles. The first-order chi connectivity index (χ1) is 6.20. The second kappa shape index (κ2) is 4.65. The molecule has 0 radical (unpaired) electrons. The van der Waals surface area contributed by atoms with Crippen LogP contribution in [0, 0.1) is 5.92 Å². The maximum atomic E-state index is 5.01. The highest BCUT2D eigenvalue weighted by Gasteiger charge is 1.91. The molecule has 0 saturated heterocycles. The lowest BCUT2D eigenvalue weighted by Gasteiger charge is -1.79. The van der Waals surface area contributed by atoms with Crippen LogP contribution in [-0.4, -0.2) is 4.98 Å². The van der Waals surface area contributed by atoms with Crippen LogP contribution in [0.15, 0.2) is 35.1 Å². The van der Waals surface area contributed by atoms with E-state index in [0.717, 1.165) is 17.0 Å². The first-order valence-corrected chi connectivity index (χ1v) is 4.48. The third-order valence-electron chi connectivity index (χ3n) is 1.24. The Hall–Kier alpha value is -1.31. The molecular weight excluding hydrogens is 162 g/mol. The zero-order valence-electron chi connectivity index (χ0n) is 8.32. The van der Waals surface area contributed by atoms with Crippen molar-refractivity contribution >= 4 is 11.1 Å². The molecule has 1 aromatic carbocycles. The Morgan fingerprint density at radius 1 is 1.15 bits per heavy atom. The summed E-state index contributed by atoms with van der Waals surface area (Å²) in [6.07, 6.45) is 1.45. The summed E-state index contributed by atoms with van der Waals surface area (Å²) in [6, 6.07) is 7.67. The molecule has 0 bridgehead atoms. The molecule has 13 heavy (non-hydrogen) atoms. The average Bonchev–Trinajstić information content (AvgIpc) is 2.49. The molecule has 0 aliphatic carbocycles. The number of rotatable bonds is 0. The van der Waals surface area contributed by atoms with Crippen LogP contribution in [0.3, 0.4) is 0 Å². The van der Waals surface area contributed by atoms with Crippen molar-refractivity contribution in [3.63, 3.8) is 0 Å². The Morgan fingerprint density at radius 3 is 2.38 bits per heavy atom. The van der Waals surface area contributed by atoms with Crippen molar-refractivity contribution in [2.45, 2.75) is 20.8 Å². The zero-order chi connectivity index (χ0) is 9.68. The molecule has 2 heteroatoms.